The summed E-state index contributed by atoms with van der Waals surface area (Å²) in [4.78, 5) is 4.33. The van der Waals surface area contributed by atoms with Gasteiger partial charge in [-0.1, -0.05) is 20.8 Å². The summed E-state index contributed by atoms with van der Waals surface area (Å²) in [6, 6.07) is 6.57. The topological polar surface area (TPSA) is 80.4 Å². The first-order valence-corrected chi connectivity index (χ1v) is 6.16. The number of phenols is 1. The van der Waals surface area contributed by atoms with Crippen LogP contribution in [-0.2, 0) is 0 Å². The van der Waals surface area contributed by atoms with Crippen molar-refractivity contribution in [1.82, 2.24) is 5.32 Å². The van der Waals surface area contributed by atoms with Crippen LogP contribution in [0.25, 0.3) is 0 Å². The van der Waals surface area contributed by atoms with Gasteiger partial charge in [0, 0.05) is 12.2 Å². The molecule has 0 bridgehead atoms. The van der Waals surface area contributed by atoms with Gasteiger partial charge in [0.25, 0.3) is 0 Å². The molecule has 0 amide bonds. The lowest BCUT2D eigenvalue weighted by Crippen LogP contribution is -2.27. The van der Waals surface area contributed by atoms with E-state index < -0.39 is 0 Å². The van der Waals surface area contributed by atoms with Crippen LogP contribution in [0.2, 0.25) is 0 Å². The maximum absolute atomic E-state index is 9.20. The molecule has 0 saturated heterocycles. The number of nitrogens with one attached hydrogen (secondary N) is 2. The maximum atomic E-state index is 9.20. The summed E-state index contributed by atoms with van der Waals surface area (Å²) in [6.07, 6.45) is 2.79. The first kappa shape index (κ1) is 14.8. The highest BCUT2D eigenvalue weighted by atomic mass is 16.3. The van der Waals surface area contributed by atoms with Gasteiger partial charge >= 0.3 is 0 Å². The average molecular weight is 260 g/mol. The molecule has 0 unspecified atom stereocenters. The van der Waals surface area contributed by atoms with Crippen LogP contribution in [0.3, 0.4) is 0 Å². The van der Waals surface area contributed by atoms with Crippen molar-refractivity contribution in [2.45, 2.75) is 27.2 Å². The summed E-state index contributed by atoms with van der Waals surface area (Å²) in [7, 11) is 0. The van der Waals surface area contributed by atoms with Gasteiger partial charge in [0.2, 0.25) is 5.96 Å². The molecule has 0 heterocycles. The Morgan fingerprint density at radius 1 is 1.32 bits per heavy atom. The molecule has 5 heteroatoms. The first-order valence-electron chi connectivity index (χ1n) is 6.16. The second kappa shape index (κ2) is 6.64. The molecule has 0 aliphatic heterocycles. The molecule has 0 fully saturated rings. The molecule has 0 atom stereocenters. The van der Waals surface area contributed by atoms with Gasteiger partial charge in [0.1, 0.15) is 5.75 Å². The average Bonchev–Trinajstić information content (AvgIpc) is 2.30. The summed E-state index contributed by atoms with van der Waals surface area (Å²) in [5.41, 5.74) is 0.967. The molecule has 0 aliphatic carbocycles. The van der Waals surface area contributed by atoms with E-state index in [1.807, 2.05) is 6.19 Å². The number of rotatable bonds is 3. The number of nitriles is 1. The zero-order chi connectivity index (χ0) is 14.3. The third-order valence-corrected chi connectivity index (χ3v) is 2.44. The van der Waals surface area contributed by atoms with Crippen LogP contribution >= 0.6 is 0 Å². The molecule has 5 nitrogen and oxygen atoms in total. The molecule has 3 N–H and O–H groups in total. The van der Waals surface area contributed by atoms with Gasteiger partial charge < -0.3 is 10.4 Å². The van der Waals surface area contributed by atoms with Crippen molar-refractivity contribution in [3.8, 4) is 11.9 Å². The number of nitrogens with zero attached hydrogens (tertiary/aromatic N) is 2. The minimum atomic E-state index is 0.199. The highest BCUT2D eigenvalue weighted by Crippen LogP contribution is 2.18. The van der Waals surface area contributed by atoms with Crippen molar-refractivity contribution >= 4 is 11.6 Å². The summed E-state index contributed by atoms with van der Waals surface area (Å²) < 4.78 is 0. The van der Waals surface area contributed by atoms with E-state index in [1.54, 1.807) is 24.3 Å². The van der Waals surface area contributed by atoms with Gasteiger partial charge in [-0.05, 0) is 36.1 Å². The third-order valence-electron chi connectivity index (χ3n) is 2.44. The zero-order valence-electron chi connectivity index (χ0n) is 11.6. The molecule has 1 aromatic rings. The fourth-order valence-corrected chi connectivity index (χ4v) is 1.35. The van der Waals surface area contributed by atoms with Gasteiger partial charge in [-0.25, -0.2) is 0 Å². The number of benzene rings is 1. The molecule has 0 aliphatic rings. The third kappa shape index (κ3) is 6.32. The van der Waals surface area contributed by atoms with Gasteiger partial charge in [-0.2, -0.15) is 5.26 Å². The van der Waals surface area contributed by atoms with E-state index in [9.17, 15) is 5.11 Å². The highest BCUT2D eigenvalue weighted by Gasteiger charge is 2.09. The number of anilines is 1. The fourth-order valence-electron chi connectivity index (χ4n) is 1.35. The van der Waals surface area contributed by atoms with Crippen molar-refractivity contribution in [2.75, 3.05) is 11.9 Å². The predicted molar refractivity (Wildman–Crippen MR) is 76.9 cm³/mol. The largest absolute Gasteiger partial charge is 0.508 e. The lowest BCUT2D eigenvalue weighted by atomic mass is 9.93. The quantitative estimate of drug-likeness (QED) is 0.256. The molecule has 0 radical (unpaired) electrons. The molecule has 1 rings (SSSR count). The molecule has 102 valence electrons. The van der Waals surface area contributed by atoms with Crippen LogP contribution in [0.5, 0.6) is 5.75 Å². The van der Waals surface area contributed by atoms with Crippen LogP contribution in [0, 0.1) is 16.9 Å². The lowest BCUT2D eigenvalue weighted by Gasteiger charge is -2.16. The summed E-state index contributed by atoms with van der Waals surface area (Å²) >= 11 is 0. The van der Waals surface area contributed by atoms with Crippen LogP contribution < -0.4 is 10.6 Å². The number of guanidine groups is 1. The lowest BCUT2D eigenvalue weighted by molar-refractivity contribution is 0.385. The molecule has 0 spiro atoms. The zero-order valence-corrected chi connectivity index (χ0v) is 11.6. The number of hydrogen-bond donors (Lipinski definition) is 3. The number of aromatic hydroxyl groups is 1. The van der Waals surface area contributed by atoms with Gasteiger partial charge in [-0.3, -0.25) is 10.3 Å². The van der Waals surface area contributed by atoms with Crippen LogP contribution in [0.15, 0.2) is 29.3 Å². The molecule has 1 aromatic carbocycles. The Bertz CT molecular complexity index is 466. The highest BCUT2D eigenvalue weighted by molar-refractivity contribution is 5.94. The van der Waals surface area contributed by atoms with E-state index >= 15 is 0 Å². The standard InChI is InChI=1S/C14H20N4O/c1-14(2,3)8-9-16-13(17-10-15)18-11-4-6-12(19)7-5-11/h4-7,19H,8-9H2,1-3H3,(H2,16,17,18). The SMILES string of the molecule is CC(C)(C)CCN=C(NC#N)Nc1ccc(O)cc1. The van der Waals surface area contributed by atoms with Gasteiger partial charge in [-0.15, -0.1) is 0 Å². The van der Waals surface area contributed by atoms with Gasteiger partial charge in [0.15, 0.2) is 6.19 Å². The Balaban J connectivity index is 2.64. The maximum Gasteiger partial charge on any atom is 0.209 e. The molecule has 19 heavy (non-hydrogen) atoms. The second-order valence-corrected chi connectivity index (χ2v) is 5.45. The number of hydrogen-bond acceptors (Lipinski definition) is 3. The van der Waals surface area contributed by atoms with Crippen molar-refractivity contribution in [3.05, 3.63) is 24.3 Å². The Labute approximate surface area is 114 Å². The van der Waals surface area contributed by atoms with E-state index in [0.717, 1.165) is 12.1 Å². The number of phenolic OH excluding ortho intramolecular Hbond substituents is 1. The molecular formula is C14H20N4O. The van der Waals surface area contributed by atoms with Crippen LogP contribution in [0.4, 0.5) is 5.69 Å². The van der Waals surface area contributed by atoms with E-state index in [0.29, 0.717) is 12.5 Å². The summed E-state index contributed by atoms with van der Waals surface area (Å²) in [5.74, 6) is 0.613. The smallest absolute Gasteiger partial charge is 0.209 e. The summed E-state index contributed by atoms with van der Waals surface area (Å²) in [5, 5.41) is 23.4. The fraction of sp³-hybridized carbons (Fsp3) is 0.429. The Morgan fingerprint density at radius 2 is 1.95 bits per heavy atom. The van der Waals surface area contributed by atoms with Crippen LogP contribution in [0.1, 0.15) is 27.2 Å². The first-order chi connectivity index (χ1) is 8.90. The van der Waals surface area contributed by atoms with E-state index in [4.69, 9.17) is 5.26 Å². The van der Waals surface area contributed by atoms with Crippen molar-refractivity contribution in [2.24, 2.45) is 10.4 Å². The van der Waals surface area contributed by atoms with Crippen molar-refractivity contribution < 1.29 is 5.11 Å². The molecule has 0 aromatic heterocycles. The van der Waals surface area contributed by atoms with E-state index in [1.165, 1.54) is 0 Å². The van der Waals surface area contributed by atoms with E-state index in [-0.39, 0.29) is 11.2 Å². The summed E-state index contributed by atoms with van der Waals surface area (Å²) in [6.45, 7) is 7.08. The molecular weight excluding hydrogens is 240 g/mol. The minimum Gasteiger partial charge on any atom is -0.508 e. The normalized spacial score (nSPS) is 11.8. The van der Waals surface area contributed by atoms with Crippen molar-refractivity contribution in [1.29, 1.82) is 5.26 Å². The number of aliphatic imine (C=N–C) groups is 1. The van der Waals surface area contributed by atoms with Gasteiger partial charge in [0.05, 0.1) is 0 Å². The minimum absolute atomic E-state index is 0.199. The monoisotopic (exact) mass is 260 g/mol. The second-order valence-electron chi connectivity index (χ2n) is 5.45. The Hall–Kier alpha value is -2.22. The molecule has 0 saturated carbocycles. The predicted octanol–water partition coefficient (Wildman–Crippen LogP) is 2.67. The Morgan fingerprint density at radius 3 is 2.47 bits per heavy atom. The Kier molecular flexibility index (Phi) is 5.19. The van der Waals surface area contributed by atoms with Crippen molar-refractivity contribution in [3.63, 3.8) is 0 Å². The van der Waals surface area contributed by atoms with Crippen LogP contribution in [-0.4, -0.2) is 17.6 Å². The van der Waals surface area contributed by atoms with E-state index in [2.05, 4.69) is 36.4 Å².